The number of rotatable bonds is 3. The number of aromatic carboxylic acids is 1. The number of benzene rings is 1. The van der Waals surface area contributed by atoms with Crippen molar-refractivity contribution in [2.75, 3.05) is 0 Å². The summed E-state index contributed by atoms with van der Waals surface area (Å²) in [7, 11) is 0. The molecular weight excluding hydrogens is 226 g/mol. The van der Waals surface area contributed by atoms with Crippen LogP contribution in [-0.4, -0.2) is 15.6 Å². The molecule has 0 spiro atoms. The largest absolute Gasteiger partial charge is 0.477 e. The van der Waals surface area contributed by atoms with Gasteiger partial charge < -0.3 is 9.67 Å². The second kappa shape index (κ2) is 4.69. The standard InChI is InChI=1S/C15H17NO2/c1-10(2)16-9-8-13(14(16)15(17)18)12-7-5-4-6-11(12)3/h4-10H,1-3H3,(H,17,18). The first-order valence-electron chi connectivity index (χ1n) is 6.02. The molecule has 0 amide bonds. The molecule has 1 heterocycles. The lowest BCUT2D eigenvalue weighted by Gasteiger charge is -2.12. The molecule has 0 unspecified atom stereocenters. The number of carboxylic acids is 1. The van der Waals surface area contributed by atoms with Crippen LogP contribution in [0.3, 0.4) is 0 Å². The average Bonchev–Trinajstić information content (AvgIpc) is 2.74. The maximum absolute atomic E-state index is 11.5. The first kappa shape index (κ1) is 12.4. The zero-order valence-electron chi connectivity index (χ0n) is 10.8. The molecule has 1 aromatic carbocycles. The maximum atomic E-state index is 11.5. The molecule has 0 radical (unpaired) electrons. The van der Waals surface area contributed by atoms with Gasteiger partial charge in [-0.2, -0.15) is 0 Å². The lowest BCUT2D eigenvalue weighted by Crippen LogP contribution is -2.10. The van der Waals surface area contributed by atoms with Crippen LogP contribution in [0.1, 0.15) is 35.9 Å². The number of aromatic nitrogens is 1. The van der Waals surface area contributed by atoms with E-state index in [4.69, 9.17) is 0 Å². The van der Waals surface area contributed by atoms with Gasteiger partial charge in [0.25, 0.3) is 0 Å². The molecule has 0 atom stereocenters. The van der Waals surface area contributed by atoms with Gasteiger partial charge in [0.15, 0.2) is 0 Å². The fraction of sp³-hybridized carbons (Fsp3) is 0.267. The third kappa shape index (κ3) is 2.04. The first-order valence-corrected chi connectivity index (χ1v) is 6.02. The van der Waals surface area contributed by atoms with Crippen molar-refractivity contribution in [2.45, 2.75) is 26.8 Å². The molecule has 0 aliphatic heterocycles. The minimum Gasteiger partial charge on any atom is -0.477 e. The highest BCUT2D eigenvalue weighted by atomic mass is 16.4. The van der Waals surface area contributed by atoms with Gasteiger partial charge in [-0.05, 0) is 38.0 Å². The Hall–Kier alpha value is -2.03. The highest BCUT2D eigenvalue weighted by Crippen LogP contribution is 2.29. The molecule has 94 valence electrons. The van der Waals surface area contributed by atoms with Crippen LogP contribution >= 0.6 is 0 Å². The number of carbonyl (C=O) groups is 1. The predicted molar refractivity (Wildman–Crippen MR) is 71.9 cm³/mol. The molecule has 3 nitrogen and oxygen atoms in total. The lowest BCUT2D eigenvalue weighted by atomic mass is 10.0. The van der Waals surface area contributed by atoms with Crippen molar-refractivity contribution >= 4 is 5.97 Å². The second-order valence-electron chi connectivity index (χ2n) is 4.70. The summed E-state index contributed by atoms with van der Waals surface area (Å²) in [6, 6.07) is 9.86. The number of carboxylic acid groups (broad SMARTS) is 1. The molecule has 2 aromatic rings. The summed E-state index contributed by atoms with van der Waals surface area (Å²) in [4.78, 5) is 11.5. The van der Waals surface area contributed by atoms with Gasteiger partial charge in [-0.25, -0.2) is 4.79 Å². The van der Waals surface area contributed by atoms with Gasteiger partial charge in [0, 0.05) is 17.8 Å². The topological polar surface area (TPSA) is 42.2 Å². The van der Waals surface area contributed by atoms with Crippen LogP contribution in [0.2, 0.25) is 0 Å². The van der Waals surface area contributed by atoms with E-state index in [1.54, 1.807) is 4.57 Å². The highest BCUT2D eigenvalue weighted by molar-refractivity contribution is 5.95. The maximum Gasteiger partial charge on any atom is 0.353 e. The Morgan fingerprint density at radius 3 is 2.39 bits per heavy atom. The van der Waals surface area contributed by atoms with E-state index >= 15 is 0 Å². The van der Waals surface area contributed by atoms with Crippen molar-refractivity contribution in [3.8, 4) is 11.1 Å². The van der Waals surface area contributed by atoms with Crippen molar-refractivity contribution < 1.29 is 9.90 Å². The Morgan fingerprint density at radius 1 is 1.17 bits per heavy atom. The van der Waals surface area contributed by atoms with E-state index in [2.05, 4.69) is 0 Å². The van der Waals surface area contributed by atoms with Gasteiger partial charge in [-0.15, -0.1) is 0 Å². The molecule has 0 saturated heterocycles. The third-order valence-corrected chi connectivity index (χ3v) is 3.11. The molecule has 0 saturated carbocycles. The van der Waals surface area contributed by atoms with Crippen LogP contribution < -0.4 is 0 Å². The van der Waals surface area contributed by atoms with Gasteiger partial charge in [0.05, 0.1) is 0 Å². The summed E-state index contributed by atoms with van der Waals surface area (Å²) in [5, 5.41) is 9.42. The molecule has 3 heteroatoms. The number of aryl methyl sites for hydroxylation is 1. The fourth-order valence-corrected chi connectivity index (χ4v) is 2.20. The molecule has 18 heavy (non-hydrogen) atoms. The van der Waals surface area contributed by atoms with Crippen LogP contribution in [0.5, 0.6) is 0 Å². The van der Waals surface area contributed by atoms with Crippen LogP contribution in [-0.2, 0) is 0 Å². The number of nitrogens with zero attached hydrogens (tertiary/aromatic N) is 1. The van der Waals surface area contributed by atoms with Crippen molar-refractivity contribution in [1.82, 2.24) is 4.57 Å². The Morgan fingerprint density at radius 2 is 1.83 bits per heavy atom. The molecule has 0 aliphatic carbocycles. The first-order chi connectivity index (χ1) is 8.52. The van der Waals surface area contributed by atoms with Crippen molar-refractivity contribution in [2.24, 2.45) is 0 Å². The third-order valence-electron chi connectivity index (χ3n) is 3.11. The minimum absolute atomic E-state index is 0.133. The molecule has 1 aromatic heterocycles. The van der Waals surface area contributed by atoms with Crippen molar-refractivity contribution in [3.63, 3.8) is 0 Å². The zero-order chi connectivity index (χ0) is 13.3. The average molecular weight is 243 g/mol. The van der Waals surface area contributed by atoms with Crippen LogP contribution in [0, 0.1) is 6.92 Å². The Balaban J connectivity index is 2.66. The lowest BCUT2D eigenvalue weighted by molar-refractivity contribution is 0.0684. The second-order valence-corrected chi connectivity index (χ2v) is 4.70. The SMILES string of the molecule is Cc1ccccc1-c1ccn(C(C)C)c1C(=O)O. The Bertz CT molecular complexity index is 582. The van der Waals surface area contributed by atoms with E-state index in [1.807, 2.05) is 57.3 Å². The van der Waals surface area contributed by atoms with Gasteiger partial charge in [-0.3, -0.25) is 0 Å². The smallest absolute Gasteiger partial charge is 0.353 e. The Kier molecular flexibility index (Phi) is 3.24. The monoisotopic (exact) mass is 243 g/mol. The molecule has 0 fully saturated rings. The highest BCUT2D eigenvalue weighted by Gasteiger charge is 2.19. The molecule has 0 bridgehead atoms. The molecule has 1 N–H and O–H groups in total. The van der Waals surface area contributed by atoms with E-state index in [0.717, 1.165) is 16.7 Å². The summed E-state index contributed by atoms with van der Waals surface area (Å²) in [6.45, 7) is 5.95. The molecule has 2 rings (SSSR count). The fourth-order valence-electron chi connectivity index (χ4n) is 2.20. The summed E-state index contributed by atoms with van der Waals surface area (Å²) in [5.41, 5.74) is 3.21. The van der Waals surface area contributed by atoms with Crippen LogP contribution in [0.15, 0.2) is 36.5 Å². The number of hydrogen-bond acceptors (Lipinski definition) is 1. The minimum atomic E-state index is -0.882. The summed E-state index contributed by atoms with van der Waals surface area (Å²) >= 11 is 0. The summed E-state index contributed by atoms with van der Waals surface area (Å²) in [6.07, 6.45) is 1.84. The normalized spacial score (nSPS) is 10.9. The van der Waals surface area contributed by atoms with Crippen LogP contribution in [0.25, 0.3) is 11.1 Å². The zero-order valence-corrected chi connectivity index (χ0v) is 10.8. The molecular formula is C15H17NO2. The van der Waals surface area contributed by atoms with E-state index in [9.17, 15) is 9.90 Å². The van der Waals surface area contributed by atoms with Crippen molar-refractivity contribution in [3.05, 3.63) is 47.8 Å². The Labute approximate surface area is 107 Å². The quantitative estimate of drug-likeness (QED) is 0.892. The molecule has 0 aliphatic rings. The van der Waals surface area contributed by atoms with E-state index in [0.29, 0.717) is 5.69 Å². The van der Waals surface area contributed by atoms with Gasteiger partial charge in [0.2, 0.25) is 0 Å². The van der Waals surface area contributed by atoms with Crippen LogP contribution in [0.4, 0.5) is 0 Å². The van der Waals surface area contributed by atoms with E-state index in [-0.39, 0.29) is 6.04 Å². The van der Waals surface area contributed by atoms with Gasteiger partial charge in [0.1, 0.15) is 5.69 Å². The van der Waals surface area contributed by atoms with E-state index < -0.39 is 5.97 Å². The summed E-state index contributed by atoms with van der Waals surface area (Å²) in [5.74, 6) is -0.882. The summed E-state index contributed by atoms with van der Waals surface area (Å²) < 4.78 is 1.80. The van der Waals surface area contributed by atoms with Gasteiger partial charge in [-0.1, -0.05) is 24.3 Å². The number of hydrogen-bond donors (Lipinski definition) is 1. The van der Waals surface area contributed by atoms with Gasteiger partial charge >= 0.3 is 5.97 Å². The van der Waals surface area contributed by atoms with E-state index in [1.165, 1.54) is 0 Å². The van der Waals surface area contributed by atoms with Crippen molar-refractivity contribution in [1.29, 1.82) is 0 Å². The predicted octanol–water partition coefficient (Wildman–Crippen LogP) is 3.74.